The van der Waals surface area contributed by atoms with Crippen LogP contribution in [0.15, 0.2) is 30.3 Å². The van der Waals surface area contributed by atoms with Crippen molar-refractivity contribution in [2.45, 2.75) is 0 Å². The number of hydrogen-bond donors (Lipinski definition) is 3. The van der Waals surface area contributed by atoms with E-state index in [0.717, 1.165) is 0 Å². The molecule has 0 aliphatic heterocycles. The Hall–Kier alpha value is -2.04. The average Bonchev–Trinajstić information content (AvgIpc) is 2.26. The minimum Gasteiger partial charge on any atom is -0.340 e. The summed E-state index contributed by atoms with van der Waals surface area (Å²) in [4.78, 5) is 22.0. The number of hydrazine groups is 1. The van der Waals surface area contributed by atoms with Crippen LogP contribution in [-0.4, -0.2) is 19.0 Å². The number of rotatable bonds is 1. The van der Waals surface area contributed by atoms with Gasteiger partial charge in [-0.3, -0.25) is 10.2 Å². The zero-order valence-electron chi connectivity index (χ0n) is 7.70. The molecule has 0 heterocycles. The maximum Gasteiger partial charge on any atom is 0.333 e. The van der Waals surface area contributed by atoms with E-state index in [2.05, 4.69) is 16.2 Å². The van der Waals surface area contributed by atoms with Gasteiger partial charge in [0.25, 0.3) is 5.91 Å². The molecule has 0 unspecified atom stereocenters. The van der Waals surface area contributed by atoms with Gasteiger partial charge < -0.3 is 5.32 Å². The van der Waals surface area contributed by atoms with Crippen LogP contribution in [0.1, 0.15) is 10.4 Å². The molecule has 3 N–H and O–H groups in total. The molecule has 0 spiro atoms. The first-order valence-corrected chi connectivity index (χ1v) is 4.07. The third kappa shape index (κ3) is 2.78. The highest BCUT2D eigenvalue weighted by Crippen LogP contribution is 1.96. The summed E-state index contributed by atoms with van der Waals surface area (Å²) in [7, 11) is 1.46. The number of urea groups is 1. The molecule has 1 aromatic rings. The fourth-order valence-electron chi connectivity index (χ4n) is 0.838. The van der Waals surface area contributed by atoms with Gasteiger partial charge in [-0.15, -0.1) is 0 Å². The second-order valence-corrected chi connectivity index (χ2v) is 2.52. The van der Waals surface area contributed by atoms with E-state index in [-0.39, 0.29) is 5.91 Å². The molecule has 0 aromatic heterocycles. The summed E-state index contributed by atoms with van der Waals surface area (Å²) in [6.45, 7) is 0. The monoisotopic (exact) mass is 193 g/mol. The van der Waals surface area contributed by atoms with Crippen LogP contribution in [0.5, 0.6) is 0 Å². The number of amides is 3. The van der Waals surface area contributed by atoms with Gasteiger partial charge in [0, 0.05) is 12.6 Å². The number of carbonyl (C=O) groups is 2. The fourth-order valence-corrected chi connectivity index (χ4v) is 0.838. The molecule has 5 heteroatoms. The summed E-state index contributed by atoms with van der Waals surface area (Å²) in [6.07, 6.45) is 0. The molecule has 0 radical (unpaired) electrons. The van der Waals surface area contributed by atoms with Crippen LogP contribution >= 0.6 is 0 Å². The van der Waals surface area contributed by atoms with E-state index in [4.69, 9.17) is 0 Å². The average molecular weight is 193 g/mol. The number of carbonyl (C=O) groups excluding carboxylic acids is 2. The summed E-state index contributed by atoms with van der Waals surface area (Å²) in [5.41, 5.74) is 4.92. The Bertz CT molecular complexity index is 324. The standard InChI is InChI=1S/C9H11N3O2/c1-10-9(14)12-11-8(13)7-5-3-2-4-6-7/h2-6H,1H3,(H,11,13)(H2,10,12,14). The lowest BCUT2D eigenvalue weighted by molar-refractivity contribution is 0.0936. The van der Waals surface area contributed by atoms with Crippen molar-refractivity contribution in [2.24, 2.45) is 0 Å². The Balaban J connectivity index is 2.48. The first-order valence-electron chi connectivity index (χ1n) is 4.07. The van der Waals surface area contributed by atoms with E-state index >= 15 is 0 Å². The summed E-state index contributed by atoms with van der Waals surface area (Å²) in [6, 6.07) is 8.14. The highest BCUT2D eigenvalue weighted by Gasteiger charge is 2.04. The number of benzene rings is 1. The maximum atomic E-state index is 11.3. The molecule has 0 atom stereocenters. The Labute approximate surface area is 81.5 Å². The molecule has 1 aromatic carbocycles. The van der Waals surface area contributed by atoms with E-state index in [0.29, 0.717) is 5.56 Å². The molecule has 0 bridgehead atoms. The summed E-state index contributed by atoms with van der Waals surface area (Å²) >= 11 is 0. The zero-order chi connectivity index (χ0) is 10.4. The van der Waals surface area contributed by atoms with Gasteiger partial charge in [-0.2, -0.15) is 0 Å². The molecule has 3 amide bonds. The molecule has 0 saturated carbocycles. The quantitative estimate of drug-likeness (QED) is 0.560. The molecule has 0 aliphatic rings. The van der Waals surface area contributed by atoms with Crippen LogP contribution in [0.25, 0.3) is 0 Å². The zero-order valence-corrected chi connectivity index (χ0v) is 7.70. The lowest BCUT2D eigenvalue weighted by Crippen LogP contribution is -2.45. The third-order valence-corrected chi connectivity index (χ3v) is 1.55. The van der Waals surface area contributed by atoms with Gasteiger partial charge in [0.1, 0.15) is 0 Å². The van der Waals surface area contributed by atoms with E-state index in [1.807, 2.05) is 6.07 Å². The van der Waals surface area contributed by atoms with Gasteiger partial charge in [-0.25, -0.2) is 10.2 Å². The summed E-state index contributed by atoms with van der Waals surface area (Å²) in [5, 5.41) is 2.31. The molecule has 74 valence electrons. The van der Waals surface area contributed by atoms with Crippen LogP contribution in [0.2, 0.25) is 0 Å². The van der Waals surface area contributed by atoms with Crippen molar-refractivity contribution in [3.8, 4) is 0 Å². The predicted octanol–water partition coefficient (Wildman–Crippen LogP) is 0.260. The maximum absolute atomic E-state index is 11.3. The lowest BCUT2D eigenvalue weighted by Gasteiger charge is -2.05. The highest BCUT2D eigenvalue weighted by atomic mass is 16.2. The Morgan fingerprint density at radius 3 is 2.29 bits per heavy atom. The van der Waals surface area contributed by atoms with Crippen molar-refractivity contribution in [3.63, 3.8) is 0 Å². The smallest absolute Gasteiger partial charge is 0.333 e. The van der Waals surface area contributed by atoms with Gasteiger partial charge in [0.05, 0.1) is 0 Å². The second-order valence-electron chi connectivity index (χ2n) is 2.52. The molecule has 5 nitrogen and oxygen atoms in total. The van der Waals surface area contributed by atoms with Crippen LogP contribution in [-0.2, 0) is 0 Å². The topological polar surface area (TPSA) is 70.2 Å². The molecule has 1 rings (SSSR count). The lowest BCUT2D eigenvalue weighted by atomic mass is 10.2. The summed E-state index contributed by atoms with van der Waals surface area (Å²) in [5.74, 6) is -0.353. The van der Waals surface area contributed by atoms with E-state index in [1.165, 1.54) is 7.05 Å². The normalized spacial score (nSPS) is 8.93. The molecular formula is C9H11N3O2. The van der Waals surface area contributed by atoms with Crippen molar-refractivity contribution >= 4 is 11.9 Å². The Kier molecular flexibility index (Phi) is 3.49. The van der Waals surface area contributed by atoms with Gasteiger partial charge in [-0.1, -0.05) is 18.2 Å². The molecular weight excluding hydrogens is 182 g/mol. The minimum atomic E-state index is -0.464. The van der Waals surface area contributed by atoms with Crippen molar-refractivity contribution in [1.29, 1.82) is 0 Å². The van der Waals surface area contributed by atoms with Crippen LogP contribution in [0.4, 0.5) is 4.79 Å². The molecule has 0 fully saturated rings. The first-order chi connectivity index (χ1) is 6.74. The third-order valence-electron chi connectivity index (χ3n) is 1.55. The van der Waals surface area contributed by atoms with Crippen molar-refractivity contribution < 1.29 is 9.59 Å². The first kappa shape index (κ1) is 10.0. The number of nitrogens with one attached hydrogen (secondary N) is 3. The Morgan fingerprint density at radius 1 is 1.07 bits per heavy atom. The second kappa shape index (κ2) is 4.86. The largest absolute Gasteiger partial charge is 0.340 e. The fraction of sp³-hybridized carbons (Fsp3) is 0.111. The Morgan fingerprint density at radius 2 is 1.71 bits per heavy atom. The van der Waals surface area contributed by atoms with Crippen LogP contribution in [0.3, 0.4) is 0 Å². The van der Waals surface area contributed by atoms with Crippen molar-refractivity contribution in [3.05, 3.63) is 35.9 Å². The van der Waals surface area contributed by atoms with Crippen molar-refractivity contribution in [2.75, 3.05) is 7.05 Å². The number of hydrogen-bond acceptors (Lipinski definition) is 2. The van der Waals surface area contributed by atoms with Crippen molar-refractivity contribution in [1.82, 2.24) is 16.2 Å². The summed E-state index contributed by atoms with van der Waals surface area (Å²) < 4.78 is 0. The minimum absolute atomic E-state index is 0.353. The van der Waals surface area contributed by atoms with Gasteiger partial charge in [0.15, 0.2) is 0 Å². The predicted molar refractivity (Wildman–Crippen MR) is 51.5 cm³/mol. The SMILES string of the molecule is CNC(=O)NNC(=O)c1ccccc1. The van der Waals surface area contributed by atoms with Gasteiger partial charge in [0.2, 0.25) is 0 Å². The van der Waals surface area contributed by atoms with Crippen LogP contribution in [0, 0.1) is 0 Å². The van der Waals surface area contributed by atoms with E-state index < -0.39 is 6.03 Å². The highest BCUT2D eigenvalue weighted by molar-refractivity contribution is 5.95. The van der Waals surface area contributed by atoms with Crippen LogP contribution < -0.4 is 16.2 Å². The van der Waals surface area contributed by atoms with Gasteiger partial charge >= 0.3 is 6.03 Å². The van der Waals surface area contributed by atoms with Gasteiger partial charge in [-0.05, 0) is 12.1 Å². The van der Waals surface area contributed by atoms with E-state index in [9.17, 15) is 9.59 Å². The molecule has 14 heavy (non-hydrogen) atoms. The molecule has 0 saturated heterocycles. The molecule has 0 aliphatic carbocycles. The van der Waals surface area contributed by atoms with E-state index in [1.54, 1.807) is 24.3 Å².